The highest BCUT2D eigenvalue weighted by atomic mass is 32.2. The number of nitrogens with one attached hydrogen (secondary N) is 1. The first-order valence-corrected chi connectivity index (χ1v) is 12.9. The average Bonchev–Trinajstić information content (AvgIpc) is 2.79. The lowest BCUT2D eigenvalue weighted by molar-refractivity contribution is 0.0798. The maximum Gasteiger partial charge on any atom is 0.257 e. The standard InChI is InChI=1S/C25H26FN3O4S/c1-15(2)29-14-27-23-20(25(29)31)19(22(21(26)24(23)30)28-34(3,32)33)13-16-8-7-11-18(12-16)17-9-5-4-6-10-17/h4-12,14-15,19,21-22,28H,13H2,1-3H3/t19-,21?,22-/m1/s1. The van der Waals surface area contributed by atoms with Gasteiger partial charge in [-0.3, -0.25) is 14.2 Å². The van der Waals surface area contributed by atoms with E-state index in [0.717, 1.165) is 22.9 Å². The number of aromatic nitrogens is 2. The molecule has 0 radical (unpaired) electrons. The van der Waals surface area contributed by atoms with E-state index in [4.69, 9.17) is 0 Å². The topological polar surface area (TPSA) is 98.1 Å². The fraction of sp³-hybridized carbons (Fsp3) is 0.320. The third kappa shape index (κ3) is 4.71. The molecule has 0 amide bonds. The quantitative estimate of drug-likeness (QED) is 0.580. The van der Waals surface area contributed by atoms with E-state index in [-0.39, 0.29) is 23.7 Å². The van der Waals surface area contributed by atoms with Crippen LogP contribution in [0.4, 0.5) is 4.39 Å². The number of carbonyl (C=O) groups excluding carboxylic acids is 1. The average molecular weight is 484 g/mol. The monoisotopic (exact) mass is 483 g/mol. The summed E-state index contributed by atoms with van der Waals surface area (Å²) in [6, 6.07) is 15.6. The predicted octanol–water partition coefficient (Wildman–Crippen LogP) is 3.27. The number of rotatable bonds is 6. The normalized spacial score (nSPS) is 20.4. The van der Waals surface area contributed by atoms with Crippen molar-refractivity contribution >= 4 is 15.8 Å². The van der Waals surface area contributed by atoms with Crippen LogP contribution in [0.3, 0.4) is 0 Å². The highest BCUT2D eigenvalue weighted by Gasteiger charge is 2.46. The van der Waals surface area contributed by atoms with Crippen LogP contribution in [0, 0.1) is 0 Å². The minimum Gasteiger partial charge on any atom is -0.296 e. The second-order valence-electron chi connectivity index (χ2n) is 8.87. The molecule has 1 aromatic heterocycles. The largest absolute Gasteiger partial charge is 0.296 e. The van der Waals surface area contributed by atoms with Crippen molar-refractivity contribution in [3.63, 3.8) is 0 Å². The summed E-state index contributed by atoms with van der Waals surface area (Å²) >= 11 is 0. The number of alkyl halides is 1. The summed E-state index contributed by atoms with van der Waals surface area (Å²) in [7, 11) is -3.87. The van der Waals surface area contributed by atoms with E-state index in [9.17, 15) is 18.0 Å². The number of benzene rings is 2. The van der Waals surface area contributed by atoms with Crippen molar-refractivity contribution in [3.05, 3.63) is 88.1 Å². The Bertz CT molecular complexity index is 1390. The van der Waals surface area contributed by atoms with Gasteiger partial charge in [0.05, 0.1) is 24.2 Å². The molecule has 9 heteroatoms. The van der Waals surface area contributed by atoms with Crippen LogP contribution >= 0.6 is 0 Å². The smallest absolute Gasteiger partial charge is 0.257 e. The summed E-state index contributed by atoms with van der Waals surface area (Å²) in [6.45, 7) is 3.59. The Kier molecular flexibility index (Phi) is 6.51. The minimum atomic E-state index is -3.87. The first-order chi connectivity index (χ1) is 16.1. The van der Waals surface area contributed by atoms with Crippen LogP contribution in [0.1, 0.15) is 47.4 Å². The van der Waals surface area contributed by atoms with Crippen LogP contribution in [0.25, 0.3) is 11.1 Å². The van der Waals surface area contributed by atoms with Crippen LogP contribution in [0.15, 0.2) is 65.7 Å². The van der Waals surface area contributed by atoms with Crippen LogP contribution < -0.4 is 10.3 Å². The van der Waals surface area contributed by atoms with Crippen molar-refractivity contribution in [1.29, 1.82) is 0 Å². The van der Waals surface area contributed by atoms with Gasteiger partial charge in [-0.05, 0) is 37.0 Å². The van der Waals surface area contributed by atoms with Crippen LogP contribution in [-0.2, 0) is 16.4 Å². The van der Waals surface area contributed by atoms with Gasteiger partial charge >= 0.3 is 0 Å². The van der Waals surface area contributed by atoms with Gasteiger partial charge in [0.1, 0.15) is 5.69 Å². The van der Waals surface area contributed by atoms with E-state index in [1.165, 1.54) is 10.9 Å². The van der Waals surface area contributed by atoms with Crippen molar-refractivity contribution in [2.45, 2.75) is 44.4 Å². The summed E-state index contributed by atoms with van der Waals surface area (Å²) in [5, 5.41) is 0. The third-order valence-electron chi connectivity index (χ3n) is 6.03. The van der Waals surface area contributed by atoms with Gasteiger partial charge in [-0.25, -0.2) is 22.5 Å². The fourth-order valence-corrected chi connectivity index (χ4v) is 5.22. The molecule has 0 bridgehead atoms. The third-order valence-corrected chi connectivity index (χ3v) is 6.73. The SMILES string of the molecule is CC(C)n1cnc2c(c1=O)[C@@H](Cc1cccc(-c3ccccc3)c1)[C@@H](NS(C)(=O)=O)C(F)C2=O. The summed E-state index contributed by atoms with van der Waals surface area (Å²) in [4.78, 5) is 30.3. The Labute approximate surface area is 197 Å². The second-order valence-corrected chi connectivity index (χ2v) is 10.7. The molecule has 0 saturated heterocycles. The Morgan fingerprint density at radius 3 is 2.38 bits per heavy atom. The van der Waals surface area contributed by atoms with Gasteiger partial charge in [0, 0.05) is 12.0 Å². The molecule has 7 nitrogen and oxygen atoms in total. The van der Waals surface area contributed by atoms with E-state index >= 15 is 4.39 Å². The molecular formula is C25H26FN3O4S. The van der Waals surface area contributed by atoms with Gasteiger partial charge in [-0.15, -0.1) is 0 Å². The number of ketones is 1. The molecule has 0 fully saturated rings. The molecule has 3 aromatic rings. The van der Waals surface area contributed by atoms with Crippen molar-refractivity contribution in [1.82, 2.24) is 14.3 Å². The van der Waals surface area contributed by atoms with Gasteiger partial charge in [0.2, 0.25) is 15.8 Å². The molecule has 1 N–H and O–H groups in total. The zero-order chi connectivity index (χ0) is 24.6. The van der Waals surface area contributed by atoms with E-state index < -0.39 is 39.5 Å². The maximum atomic E-state index is 15.3. The lowest BCUT2D eigenvalue weighted by Crippen LogP contribution is -2.54. The van der Waals surface area contributed by atoms with Crippen molar-refractivity contribution in [2.75, 3.05) is 6.26 Å². The number of hydrogen-bond donors (Lipinski definition) is 1. The second kappa shape index (κ2) is 9.23. The van der Waals surface area contributed by atoms with Gasteiger partial charge in [0.15, 0.2) is 6.17 Å². The maximum absolute atomic E-state index is 15.3. The van der Waals surface area contributed by atoms with Gasteiger partial charge in [-0.1, -0.05) is 54.6 Å². The van der Waals surface area contributed by atoms with Crippen molar-refractivity contribution in [3.8, 4) is 11.1 Å². The Morgan fingerprint density at radius 1 is 1.06 bits per heavy atom. The summed E-state index contributed by atoms with van der Waals surface area (Å²) in [5.41, 5.74) is 2.04. The summed E-state index contributed by atoms with van der Waals surface area (Å²) < 4.78 is 43.1. The number of fused-ring (bicyclic) bond motifs is 1. The lowest BCUT2D eigenvalue weighted by atomic mass is 9.77. The van der Waals surface area contributed by atoms with Crippen LogP contribution in [0.2, 0.25) is 0 Å². The molecule has 1 unspecified atom stereocenters. The van der Waals surface area contributed by atoms with E-state index in [2.05, 4.69) is 9.71 Å². The molecule has 2 aromatic carbocycles. The highest BCUT2D eigenvalue weighted by Crippen LogP contribution is 2.34. The molecule has 0 aliphatic heterocycles. The number of halogens is 1. The van der Waals surface area contributed by atoms with Crippen LogP contribution in [-0.4, -0.2) is 42.2 Å². The molecule has 3 atom stereocenters. The molecule has 1 aliphatic rings. The van der Waals surface area contributed by atoms with Crippen molar-refractivity contribution in [2.24, 2.45) is 0 Å². The van der Waals surface area contributed by atoms with Gasteiger partial charge < -0.3 is 0 Å². The summed E-state index contributed by atoms with van der Waals surface area (Å²) in [5.74, 6) is -1.91. The molecular weight excluding hydrogens is 457 g/mol. The Balaban J connectivity index is 1.86. The first kappa shape index (κ1) is 24.0. The first-order valence-electron chi connectivity index (χ1n) is 11.0. The van der Waals surface area contributed by atoms with E-state index in [0.29, 0.717) is 0 Å². The zero-order valence-corrected chi connectivity index (χ0v) is 19.9. The lowest BCUT2D eigenvalue weighted by Gasteiger charge is -2.34. The number of carbonyl (C=O) groups is 1. The van der Waals surface area contributed by atoms with Crippen molar-refractivity contribution < 1.29 is 17.6 Å². The van der Waals surface area contributed by atoms with E-state index in [1.807, 2.05) is 54.6 Å². The van der Waals surface area contributed by atoms with Crippen LogP contribution in [0.5, 0.6) is 0 Å². The molecule has 0 saturated carbocycles. The zero-order valence-electron chi connectivity index (χ0n) is 19.1. The van der Waals surface area contributed by atoms with E-state index in [1.54, 1.807) is 13.8 Å². The fourth-order valence-electron chi connectivity index (χ4n) is 4.44. The molecule has 0 spiro atoms. The number of nitrogens with zero attached hydrogens (tertiary/aromatic N) is 2. The molecule has 4 rings (SSSR count). The molecule has 178 valence electrons. The Hall–Kier alpha value is -3.17. The highest BCUT2D eigenvalue weighted by molar-refractivity contribution is 7.88. The van der Waals surface area contributed by atoms with Gasteiger partial charge in [0.25, 0.3) is 5.56 Å². The number of sulfonamides is 1. The van der Waals surface area contributed by atoms with Gasteiger partial charge in [-0.2, -0.15) is 0 Å². The number of hydrogen-bond acceptors (Lipinski definition) is 5. The minimum absolute atomic E-state index is 0.0429. The number of Topliss-reactive ketones (excluding diaryl/α,β-unsaturated/α-hetero) is 1. The molecule has 1 aliphatic carbocycles. The predicted molar refractivity (Wildman–Crippen MR) is 128 cm³/mol. The Morgan fingerprint density at radius 2 is 1.74 bits per heavy atom. The molecule has 1 heterocycles. The molecule has 34 heavy (non-hydrogen) atoms. The summed E-state index contributed by atoms with van der Waals surface area (Å²) in [6.07, 6.45) is 0.135.